The van der Waals surface area contributed by atoms with Crippen LogP contribution in [0, 0.1) is 16.0 Å². The number of furan rings is 1. The summed E-state index contributed by atoms with van der Waals surface area (Å²) in [6.45, 7) is 0.250. The van der Waals surface area contributed by atoms with Crippen LogP contribution >= 0.6 is 0 Å². The maximum Gasteiger partial charge on any atom is 0.433 e. The quantitative estimate of drug-likeness (QED) is 0.381. The molecule has 2 N–H and O–H groups in total. The van der Waals surface area contributed by atoms with Gasteiger partial charge < -0.3 is 24.5 Å². The van der Waals surface area contributed by atoms with Gasteiger partial charge in [0.1, 0.15) is 10.7 Å². The zero-order chi connectivity index (χ0) is 23.8. The number of carbonyl (C=O) groups excluding carboxylic acids is 1. The van der Waals surface area contributed by atoms with Crippen molar-refractivity contribution in [3.63, 3.8) is 0 Å². The Morgan fingerprint density at radius 3 is 2.65 bits per heavy atom. The van der Waals surface area contributed by atoms with Crippen molar-refractivity contribution in [2.75, 3.05) is 12.4 Å². The molecule has 1 unspecified atom stereocenters. The Kier molecular flexibility index (Phi) is 5.45. The molecule has 2 heterocycles. The number of ether oxygens (including phenoxy) is 1. The Morgan fingerprint density at radius 2 is 2.00 bits per heavy atom. The number of fused-ring (bicyclic) bond motifs is 1. The molecule has 0 radical (unpaired) electrons. The molecular formula is C25H23N3O6. The van der Waals surface area contributed by atoms with Crippen molar-refractivity contribution < 1.29 is 24.0 Å². The fraction of sp³-hybridized carbons (Fsp3) is 0.240. The van der Waals surface area contributed by atoms with Crippen LogP contribution in [0.4, 0.5) is 11.6 Å². The van der Waals surface area contributed by atoms with Gasteiger partial charge in [0.15, 0.2) is 11.5 Å². The lowest BCUT2D eigenvalue weighted by molar-refractivity contribution is -0.402. The van der Waals surface area contributed by atoms with Crippen LogP contribution in [-0.4, -0.2) is 27.9 Å². The first-order chi connectivity index (χ1) is 16.4. The second-order valence-corrected chi connectivity index (χ2v) is 8.43. The predicted molar refractivity (Wildman–Crippen MR) is 124 cm³/mol. The van der Waals surface area contributed by atoms with Crippen LogP contribution < -0.4 is 10.1 Å². The average Bonchev–Trinajstić information content (AvgIpc) is 3.55. The van der Waals surface area contributed by atoms with Gasteiger partial charge in [-0.1, -0.05) is 18.2 Å². The van der Waals surface area contributed by atoms with Gasteiger partial charge in [-0.25, -0.2) is 0 Å². The second kappa shape index (κ2) is 8.58. The van der Waals surface area contributed by atoms with Crippen molar-refractivity contribution >= 4 is 23.1 Å². The Morgan fingerprint density at radius 1 is 1.24 bits per heavy atom. The third-order valence-electron chi connectivity index (χ3n) is 6.12. The molecule has 0 spiro atoms. The molecule has 9 nitrogen and oxygen atoms in total. The van der Waals surface area contributed by atoms with Crippen LogP contribution in [0.2, 0.25) is 0 Å². The topological polar surface area (TPSA) is 118 Å². The summed E-state index contributed by atoms with van der Waals surface area (Å²) in [7, 11) is 1.48. The molecule has 5 rings (SSSR count). The number of para-hydroxylation sites is 1. The van der Waals surface area contributed by atoms with Crippen LogP contribution in [0.3, 0.4) is 0 Å². The van der Waals surface area contributed by atoms with Crippen LogP contribution in [0.25, 0.3) is 5.57 Å². The smallest absolute Gasteiger partial charge is 0.433 e. The fourth-order valence-corrected chi connectivity index (χ4v) is 4.43. The predicted octanol–water partition coefficient (Wildman–Crippen LogP) is 4.85. The molecule has 0 saturated heterocycles. The Hall–Kier alpha value is -4.27. The Bertz CT molecular complexity index is 1280. The number of nitrogens with zero attached hydrogens (tertiary/aromatic N) is 2. The summed E-state index contributed by atoms with van der Waals surface area (Å²) < 4.78 is 10.8. The molecule has 9 heteroatoms. The third-order valence-corrected chi connectivity index (χ3v) is 6.12. The number of amides is 1. The van der Waals surface area contributed by atoms with E-state index in [1.165, 1.54) is 13.2 Å². The first-order valence-corrected chi connectivity index (χ1v) is 10.9. The lowest BCUT2D eigenvalue weighted by Crippen LogP contribution is -2.31. The monoisotopic (exact) mass is 461 g/mol. The summed E-state index contributed by atoms with van der Waals surface area (Å²) in [6, 6.07) is 15.2. The van der Waals surface area contributed by atoms with Gasteiger partial charge in [0.25, 0.3) is 5.91 Å². The van der Waals surface area contributed by atoms with E-state index in [2.05, 4.69) is 5.32 Å². The van der Waals surface area contributed by atoms with Gasteiger partial charge in [0.05, 0.1) is 31.3 Å². The van der Waals surface area contributed by atoms with Crippen LogP contribution in [0.15, 0.2) is 65.2 Å². The Balaban J connectivity index is 1.57. The first-order valence-electron chi connectivity index (χ1n) is 10.9. The van der Waals surface area contributed by atoms with E-state index < -0.39 is 4.92 Å². The number of methoxy groups -OCH3 is 1. The number of hydrogen-bond acceptors (Lipinski definition) is 7. The summed E-state index contributed by atoms with van der Waals surface area (Å²) >= 11 is 0. The van der Waals surface area contributed by atoms with Crippen molar-refractivity contribution in [3.8, 4) is 11.5 Å². The van der Waals surface area contributed by atoms with Crippen molar-refractivity contribution in [2.45, 2.75) is 25.4 Å². The average molecular weight is 461 g/mol. The number of carbonyl (C=O) groups is 1. The maximum atomic E-state index is 13.3. The molecule has 1 aliphatic carbocycles. The second-order valence-electron chi connectivity index (χ2n) is 8.43. The van der Waals surface area contributed by atoms with Crippen molar-refractivity contribution in [3.05, 3.63) is 87.8 Å². The van der Waals surface area contributed by atoms with E-state index in [0.29, 0.717) is 34.3 Å². The molecule has 1 saturated carbocycles. The number of phenols is 1. The van der Waals surface area contributed by atoms with Crippen molar-refractivity contribution in [2.24, 2.45) is 5.92 Å². The summed E-state index contributed by atoms with van der Waals surface area (Å²) in [5, 5.41) is 24.4. The highest BCUT2D eigenvalue weighted by molar-refractivity contribution is 6.25. The largest absolute Gasteiger partial charge is 0.504 e. The van der Waals surface area contributed by atoms with Crippen LogP contribution in [0.1, 0.15) is 35.8 Å². The molecule has 1 amide bonds. The Labute approximate surface area is 195 Å². The third kappa shape index (κ3) is 4.07. The van der Waals surface area contributed by atoms with Crippen LogP contribution in [0.5, 0.6) is 11.5 Å². The molecule has 174 valence electrons. The number of benzene rings is 2. The maximum absolute atomic E-state index is 13.3. The minimum atomic E-state index is -0.574. The zero-order valence-electron chi connectivity index (χ0n) is 18.4. The number of hydrogen-bond donors (Lipinski definition) is 2. The highest BCUT2D eigenvalue weighted by Gasteiger charge is 2.41. The van der Waals surface area contributed by atoms with Crippen molar-refractivity contribution in [1.29, 1.82) is 0 Å². The van der Waals surface area contributed by atoms with Gasteiger partial charge in [-0.15, -0.1) is 0 Å². The molecule has 1 aliphatic heterocycles. The van der Waals surface area contributed by atoms with E-state index in [0.717, 1.165) is 18.4 Å². The molecule has 0 bridgehead atoms. The van der Waals surface area contributed by atoms with Gasteiger partial charge in [-0.05, 0) is 60.2 Å². The number of nitrogens with one attached hydrogen (secondary N) is 1. The van der Waals surface area contributed by atoms with Crippen molar-refractivity contribution in [1.82, 2.24) is 4.90 Å². The summed E-state index contributed by atoms with van der Waals surface area (Å²) in [4.78, 5) is 25.8. The molecule has 1 atom stereocenters. The molecule has 2 aromatic carbocycles. The number of nitro groups is 1. The van der Waals surface area contributed by atoms with Gasteiger partial charge in [0.2, 0.25) is 0 Å². The lowest BCUT2D eigenvalue weighted by atomic mass is 9.87. The van der Waals surface area contributed by atoms with Gasteiger partial charge in [-0.2, -0.15) is 0 Å². The SMILES string of the molecule is COc1cc2c(cc1O)C(C(=O)Nc1ccccc1)=CN(Cc1ccc([N+](=O)[O-])o1)C2C1CC1. The molecular weight excluding hydrogens is 438 g/mol. The van der Waals surface area contributed by atoms with E-state index >= 15 is 0 Å². The lowest BCUT2D eigenvalue weighted by Gasteiger charge is -2.37. The number of phenolic OH excluding ortho intramolecular Hbond substituents is 1. The summed E-state index contributed by atoms with van der Waals surface area (Å²) in [5.41, 5.74) is 2.50. The van der Waals surface area contributed by atoms with E-state index in [-0.39, 0.29) is 30.1 Å². The van der Waals surface area contributed by atoms with E-state index in [4.69, 9.17) is 9.15 Å². The fourth-order valence-electron chi connectivity index (χ4n) is 4.43. The number of rotatable bonds is 7. The number of anilines is 1. The van der Waals surface area contributed by atoms with Crippen LogP contribution in [-0.2, 0) is 11.3 Å². The number of aromatic hydroxyl groups is 1. The summed E-state index contributed by atoms with van der Waals surface area (Å²) in [6.07, 6.45) is 3.78. The van der Waals surface area contributed by atoms with E-state index in [1.54, 1.807) is 36.5 Å². The van der Waals surface area contributed by atoms with Gasteiger partial charge in [-0.3, -0.25) is 14.9 Å². The zero-order valence-corrected chi connectivity index (χ0v) is 18.4. The van der Waals surface area contributed by atoms with E-state index in [9.17, 15) is 20.0 Å². The van der Waals surface area contributed by atoms with E-state index in [1.807, 2.05) is 23.1 Å². The highest BCUT2D eigenvalue weighted by Crippen LogP contribution is 2.51. The first kappa shape index (κ1) is 21.6. The minimum absolute atomic E-state index is 0.0516. The molecule has 34 heavy (non-hydrogen) atoms. The molecule has 1 fully saturated rings. The minimum Gasteiger partial charge on any atom is -0.504 e. The molecule has 3 aromatic rings. The standard InChI is InChI=1S/C25H23N3O6/c1-33-22-12-19-18(11-21(22)29)20(25(30)26-16-5-3-2-4-6-16)14-27(24(19)15-7-8-15)13-17-9-10-23(34-17)28(31)32/h2-6,9-12,14-15,24,29H,7-8,13H2,1H3,(H,26,30). The highest BCUT2D eigenvalue weighted by atomic mass is 16.6. The van der Waals surface area contributed by atoms with Gasteiger partial charge >= 0.3 is 5.88 Å². The van der Waals surface area contributed by atoms with Gasteiger partial charge in [0, 0.05) is 11.9 Å². The molecule has 2 aliphatic rings. The normalized spacial score (nSPS) is 17.0. The molecule has 1 aromatic heterocycles. The summed E-state index contributed by atoms with van der Waals surface area (Å²) in [5.74, 6) is 0.375.